The fraction of sp³-hybridized carbons (Fsp3) is 0.429. The normalized spacial score (nSPS) is 14.8. The number of fused-ring (bicyclic) bond motifs is 1. The molecule has 2 heterocycles. The summed E-state index contributed by atoms with van der Waals surface area (Å²) in [6, 6.07) is 13.8. The lowest BCUT2D eigenvalue weighted by atomic mass is 9.94. The molecule has 186 valence electrons. The van der Waals surface area contributed by atoms with Crippen LogP contribution in [0.3, 0.4) is 0 Å². The number of nitrogens with one attached hydrogen (secondary N) is 3. The maximum Gasteiger partial charge on any atom is 0.319 e. The average Bonchev–Trinajstić information content (AvgIpc) is 3.25. The zero-order valence-electron chi connectivity index (χ0n) is 20.6. The number of carboxylic acid groups (broad SMARTS) is 1. The van der Waals surface area contributed by atoms with Crippen LogP contribution in [-0.2, 0) is 11.2 Å². The van der Waals surface area contributed by atoms with Gasteiger partial charge in [0, 0.05) is 48.0 Å². The van der Waals surface area contributed by atoms with Gasteiger partial charge < -0.3 is 25.6 Å². The molecule has 3 aromatic rings. The zero-order chi connectivity index (χ0) is 24.8. The van der Waals surface area contributed by atoms with Crippen molar-refractivity contribution in [3.63, 3.8) is 0 Å². The van der Waals surface area contributed by atoms with Crippen LogP contribution in [0, 0.1) is 5.92 Å². The van der Waals surface area contributed by atoms with E-state index < -0.39 is 5.97 Å². The van der Waals surface area contributed by atoms with Crippen LogP contribution >= 0.6 is 0 Å². The lowest BCUT2D eigenvalue weighted by Gasteiger charge is -2.33. The van der Waals surface area contributed by atoms with Crippen LogP contribution in [0.5, 0.6) is 0 Å². The maximum absolute atomic E-state index is 13.1. The molecule has 4 N–H and O–H groups in total. The Bertz CT molecular complexity index is 1160. The van der Waals surface area contributed by atoms with Gasteiger partial charge in [-0.1, -0.05) is 32.0 Å². The summed E-state index contributed by atoms with van der Waals surface area (Å²) in [6.07, 6.45) is 6.87. The quantitative estimate of drug-likeness (QED) is 0.301. The third-order valence-corrected chi connectivity index (χ3v) is 6.65. The van der Waals surface area contributed by atoms with Crippen LogP contribution in [0.1, 0.15) is 63.1 Å². The van der Waals surface area contributed by atoms with Gasteiger partial charge in [-0.2, -0.15) is 0 Å². The monoisotopic (exact) mass is 476 g/mol. The minimum absolute atomic E-state index is 0.0679. The van der Waals surface area contributed by atoms with Crippen molar-refractivity contribution >= 4 is 34.3 Å². The number of hydrogen-bond donors (Lipinski definition) is 4. The molecule has 2 aromatic carbocycles. The lowest BCUT2D eigenvalue weighted by molar-refractivity contribution is -0.136. The molecule has 2 amide bonds. The fourth-order valence-corrected chi connectivity index (χ4v) is 4.97. The number of aromatic amines is 1. The van der Waals surface area contributed by atoms with E-state index in [4.69, 9.17) is 5.11 Å². The van der Waals surface area contributed by atoms with E-state index in [0.717, 1.165) is 41.5 Å². The Morgan fingerprint density at radius 3 is 2.60 bits per heavy atom. The van der Waals surface area contributed by atoms with Crippen LogP contribution in [0.25, 0.3) is 10.9 Å². The van der Waals surface area contributed by atoms with E-state index in [9.17, 15) is 9.59 Å². The van der Waals surface area contributed by atoms with Crippen LogP contribution in [0.4, 0.5) is 16.2 Å². The molecule has 1 atom stereocenters. The van der Waals surface area contributed by atoms with E-state index >= 15 is 0 Å². The third kappa shape index (κ3) is 6.35. The molecule has 0 saturated carbocycles. The molecule has 1 saturated heterocycles. The van der Waals surface area contributed by atoms with Gasteiger partial charge in [0.15, 0.2) is 0 Å². The lowest BCUT2D eigenvalue weighted by Crippen LogP contribution is -2.36. The molecule has 0 bridgehead atoms. The molecule has 0 aliphatic carbocycles. The van der Waals surface area contributed by atoms with Crippen molar-refractivity contribution in [2.45, 2.75) is 58.4 Å². The van der Waals surface area contributed by atoms with E-state index in [-0.39, 0.29) is 18.5 Å². The summed E-state index contributed by atoms with van der Waals surface area (Å²) in [6.45, 7) is 6.46. The number of carboxylic acids is 1. The number of aryl methyl sites for hydroxylation is 1. The van der Waals surface area contributed by atoms with Crippen LogP contribution in [-0.4, -0.2) is 35.2 Å². The molecule has 4 rings (SSSR count). The van der Waals surface area contributed by atoms with Gasteiger partial charge in [-0.3, -0.25) is 4.79 Å². The molecule has 1 aliphatic heterocycles. The molecule has 35 heavy (non-hydrogen) atoms. The first-order chi connectivity index (χ1) is 16.9. The summed E-state index contributed by atoms with van der Waals surface area (Å²) in [5.41, 5.74) is 4.91. The first kappa shape index (κ1) is 24.6. The van der Waals surface area contributed by atoms with Gasteiger partial charge in [-0.05, 0) is 73.4 Å². The highest BCUT2D eigenvalue weighted by atomic mass is 16.4. The van der Waals surface area contributed by atoms with Crippen molar-refractivity contribution in [1.29, 1.82) is 0 Å². The van der Waals surface area contributed by atoms with Crippen LogP contribution < -0.4 is 15.5 Å². The topological polar surface area (TPSA) is 97.5 Å². The summed E-state index contributed by atoms with van der Waals surface area (Å²) in [5, 5.41) is 16.2. The Morgan fingerprint density at radius 2 is 1.86 bits per heavy atom. The number of carbonyl (C=O) groups is 2. The third-order valence-electron chi connectivity index (χ3n) is 6.65. The van der Waals surface area contributed by atoms with Crippen molar-refractivity contribution in [2.24, 2.45) is 5.92 Å². The summed E-state index contributed by atoms with van der Waals surface area (Å²) in [7, 11) is 0. The number of urea groups is 1. The van der Waals surface area contributed by atoms with Crippen LogP contribution in [0.2, 0.25) is 0 Å². The van der Waals surface area contributed by atoms with Gasteiger partial charge in [0.1, 0.15) is 0 Å². The molecule has 0 radical (unpaired) electrons. The smallest absolute Gasteiger partial charge is 0.319 e. The number of aliphatic carboxylic acids is 1. The van der Waals surface area contributed by atoms with Gasteiger partial charge in [0.05, 0.1) is 6.04 Å². The highest BCUT2D eigenvalue weighted by Gasteiger charge is 2.22. The summed E-state index contributed by atoms with van der Waals surface area (Å²) in [5.74, 6) is -0.406. The van der Waals surface area contributed by atoms with E-state index in [1.165, 1.54) is 24.9 Å². The molecule has 7 nitrogen and oxygen atoms in total. The Morgan fingerprint density at radius 1 is 1.09 bits per heavy atom. The number of carbonyl (C=O) groups excluding carboxylic acids is 1. The van der Waals surface area contributed by atoms with Crippen LogP contribution in [0.15, 0.2) is 48.7 Å². The predicted octanol–water partition coefficient (Wildman–Crippen LogP) is 6.08. The van der Waals surface area contributed by atoms with Gasteiger partial charge in [-0.15, -0.1) is 0 Å². The highest BCUT2D eigenvalue weighted by Crippen LogP contribution is 2.32. The van der Waals surface area contributed by atoms with Crippen molar-refractivity contribution in [3.05, 3.63) is 59.8 Å². The molecular formula is C28H36N4O3. The Labute approximate surface area is 206 Å². The number of benzene rings is 2. The Hall–Kier alpha value is -3.48. The highest BCUT2D eigenvalue weighted by molar-refractivity contribution is 5.94. The summed E-state index contributed by atoms with van der Waals surface area (Å²) in [4.78, 5) is 29.7. The average molecular weight is 477 g/mol. The number of rotatable bonds is 9. The van der Waals surface area contributed by atoms with Crippen molar-refractivity contribution in [1.82, 2.24) is 10.3 Å². The summed E-state index contributed by atoms with van der Waals surface area (Å²) >= 11 is 0. The number of amides is 2. The fourth-order valence-electron chi connectivity index (χ4n) is 4.97. The number of H-pyrrole nitrogens is 1. The predicted molar refractivity (Wildman–Crippen MR) is 141 cm³/mol. The zero-order valence-corrected chi connectivity index (χ0v) is 20.6. The number of anilines is 2. The van der Waals surface area contributed by atoms with E-state index in [1.54, 1.807) is 0 Å². The molecule has 1 aromatic heterocycles. The van der Waals surface area contributed by atoms with E-state index in [1.807, 2.05) is 30.5 Å². The van der Waals surface area contributed by atoms with E-state index in [0.29, 0.717) is 18.0 Å². The standard InChI is InChI=1S/C28H36N4O3/c1-19(2)16-25(22-8-4-5-9-26(22)32-14-6-3-7-15-32)31-28(35)30-21-11-12-24-23(17-21)20(18-29-24)10-13-27(33)34/h4-5,8-9,11-12,17-19,25,29H,3,6-7,10,13-16H2,1-2H3,(H,33,34)(H2,30,31,35). The number of nitrogens with zero attached hydrogens (tertiary/aromatic N) is 1. The Kier molecular flexibility index (Phi) is 7.95. The summed E-state index contributed by atoms with van der Waals surface area (Å²) < 4.78 is 0. The van der Waals surface area contributed by atoms with Gasteiger partial charge >= 0.3 is 12.0 Å². The molecule has 1 unspecified atom stereocenters. The minimum atomic E-state index is -0.825. The molecular weight excluding hydrogens is 440 g/mol. The van der Waals surface area contributed by atoms with Crippen molar-refractivity contribution in [2.75, 3.05) is 23.3 Å². The Balaban J connectivity index is 1.51. The number of aromatic nitrogens is 1. The van der Waals surface area contributed by atoms with E-state index in [2.05, 4.69) is 52.6 Å². The first-order valence-corrected chi connectivity index (χ1v) is 12.6. The molecule has 1 aliphatic rings. The number of para-hydroxylation sites is 1. The van der Waals surface area contributed by atoms with Gasteiger partial charge in [-0.25, -0.2) is 4.79 Å². The second kappa shape index (κ2) is 11.3. The SMILES string of the molecule is CC(C)CC(NC(=O)Nc1ccc2[nH]cc(CCC(=O)O)c2c1)c1ccccc1N1CCCCC1. The minimum Gasteiger partial charge on any atom is -0.481 e. The number of piperidine rings is 1. The number of hydrogen-bond acceptors (Lipinski definition) is 3. The maximum atomic E-state index is 13.1. The van der Waals surface area contributed by atoms with Gasteiger partial charge in [0.25, 0.3) is 0 Å². The molecule has 0 spiro atoms. The molecule has 1 fully saturated rings. The van der Waals surface area contributed by atoms with Gasteiger partial charge in [0.2, 0.25) is 0 Å². The molecule has 7 heteroatoms. The van der Waals surface area contributed by atoms with Crippen molar-refractivity contribution < 1.29 is 14.7 Å². The van der Waals surface area contributed by atoms with Crippen molar-refractivity contribution in [3.8, 4) is 0 Å². The largest absolute Gasteiger partial charge is 0.481 e. The first-order valence-electron chi connectivity index (χ1n) is 12.6. The second-order valence-corrected chi connectivity index (χ2v) is 9.86. The second-order valence-electron chi connectivity index (χ2n) is 9.86.